The van der Waals surface area contributed by atoms with Gasteiger partial charge in [0.05, 0.1) is 5.56 Å². The maximum atomic E-state index is 14.0. The van der Waals surface area contributed by atoms with Crippen LogP contribution >= 0.6 is 11.8 Å². The summed E-state index contributed by atoms with van der Waals surface area (Å²) in [6, 6.07) is 9.65. The molecule has 1 heterocycles. The number of carbonyl (C=O) groups is 1. The highest BCUT2D eigenvalue weighted by Gasteiger charge is 2.25. The van der Waals surface area contributed by atoms with Gasteiger partial charge in [-0.3, -0.25) is 4.79 Å². The minimum Gasteiger partial charge on any atom is -0.333 e. The Morgan fingerprint density at radius 1 is 1.14 bits per heavy atom. The van der Waals surface area contributed by atoms with E-state index in [1.54, 1.807) is 18.2 Å². The highest BCUT2D eigenvalue weighted by molar-refractivity contribution is 8.00. The van der Waals surface area contributed by atoms with Crippen molar-refractivity contribution in [1.82, 2.24) is 14.3 Å². The van der Waals surface area contributed by atoms with E-state index in [4.69, 9.17) is 0 Å². The Labute approximate surface area is 171 Å². The Morgan fingerprint density at radius 3 is 2.45 bits per heavy atom. The molecule has 152 valence electrons. The zero-order valence-electron chi connectivity index (χ0n) is 15.5. The molecule has 3 rings (SSSR count). The van der Waals surface area contributed by atoms with Crippen molar-refractivity contribution < 1.29 is 22.0 Å². The molecule has 2 aromatic carbocycles. The molecule has 0 aliphatic heterocycles. The van der Waals surface area contributed by atoms with Crippen LogP contribution in [0, 0.1) is 11.6 Å². The van der Waals surface area contributed by atoms with Gasteiger partial charge in [-0.05, 0) is 30.0 Å². The maximum absolute atomic E-state index is 14.0. The lowest BCUT2D eigenvalue weighted by atomic mass is 10.2. The Kier molecular flexibility index (Phi) is 6.04. The van der Waals surface area contributed by atoms with E-state index in [0.717, 1.165) is 12.1 Å². The lowest BCUT2D eigenvalue weighted by Crippen LogP contribution is -2.31. The fourth-order valence-electron chi connectivity index (χ4n) is 2.70. The number of hydrogen-bond donors (Lipinski definition) is 1. The Balaban J connectivity index is 1.93. The average molecular weight is 437 g/mol. The molecule has 1 aromatic heterocycles. The fourth-order valence-corrected chi connectivity index (χ4v) is 4.95. The lowest BCUT2D eigenvalue weighted by molar-refractivity contribution is 0.0977. The molecule has 0 aliphatic rings. The second kappa shape index (κ2) is 8.34. The smallest absolute Gasteiger partial charge is 0.285 e. The van der Waals surface area contributed by atoms with E-state index in [-0.39, 0.29) is 16.4 Å². The molecule has 0 bridgehead atoms. The number of hydrogen-bond acceptors (Lipinski definition) is 5. The van der Waals surface area contributed by atoms with Crippen molar-refractivity contribution in [2.45, 2.75) is 16.7 Å². The van der Waals surface area contributed by atoms with Gasteiger partial charge in [0, 0.05) is 18.1 Å². The molecule has 1 amide bonds. The summed E-state index contributed by atoms with van der Waals surface area (Å²) in [7, 11) is -2.71. The predicted octanol–water partition coefficient (Wildman–Crippen LogP) is 3.60. The van der Waals surface area contributed by atoms with E-state index in [2.05, 4.69) is 4.98 Å². The highest BCUT2D eigenvalue weighted by atomic mass is 32.2. The van der Waals surface area contributed by atoms with Gasteiger partial charge in [0.15, 0.2) is 0 Å². The quantitative estimate of drug-likeness (QED) is 0.596. The molecule has 0 fully saturated rings. The van der Waals surface area contributed by atoms with Crippen molar-refractivity contribution in [2.75, 3.05) is 5.75 Å². The second-order valence-electron chi connectivity index (χ2n) is 5.97. The Bertz CT molecular complexity index is 1160. The largest absolute Gasteiger partial charge is 0.333 e. The molecule has 0 radical (unpaired) electrons. The van der Waals surface area contributed by atoms with E-state index in [1.807, 2.05) is 11.6 Å². The second-order valence-corrected chi connectivity index (χ2v) is 8.93. The number of aryl methyl sites for hydroxylation is 1. The van der Waals surface area contributed by atoms with Crippen molar-refractivity contribution in [1.29, 1.82) is 0 Å². The Morgan fingerprint density at radius 2 is 1.79 bits per heavy atom. The minimum absolute atomic E-state index is 0.0310. The van der Waals surface area contributed by atoms with Crippen LogP contribution in [0.4, 0.5) is 8.78 Å². The number of nitrogens with one attached hydrogen (secondary N) is 1. The number of aromatic nitrogens is 2. The zero-order chi connectivity index (χ0) is 21.2. The third-order valence-corrected chi connectivity index (χ3v) is 6.43. The number of rotatable bonds is 6. The summed E-state index contributed by atoms with van der Waals surface area (Å²) in [5, 5.41) is 0. The number of sulfonamides is 1. The molecule has 10 heteroatoms. The zero-order valence-corrected chi connectivity index (χ0v) is 17.2. The molecule has 3 aromatic rings. The number of nitrogens with zero attached hydrogens (tertiary/aromatic N) is 2. The Hall–Kier alpha value is -2.72. The molecule has 0 saturated carbocycles. The SMILES string of the molecule is CCSc1ccccc1S(=O)(=O)NC(=O)c1cn(C)c(-c2c(F)cccc2F)n1. The molecular formula is C19H17F2N3O3S2. The van der Waals surface area contributed by atoms with Crippen molar-refractivity contribution >= 4 is 27.7 Å². The maximum Gasteiger partial charge on any atom is 0.285 e. The van der Waals surface area contributed by atoms with Gasteiger partial charge in [-0.2, -0.15) is 0 Å². The average Bonchev–Trinajstić information content (AvgIpc) is 3.04. The van der Waals surface area contributed by atoms with Gasteiger partial charge >= 0.3 is 0 Å². The third-order valence-electron chi connectivity index (χ3n) is 3.96. The molecule has 0 saturated heterocycles. The van der Waals surface area contributed by atoms with Crippen LogP contribution in [0.25, 0.3) is 11.4 Å². The fraction of sp³-hybridized carbons (Fsp3) is 0.158. The first-order chi connectivity index (χ1) is 13.7. The summed E-state index contributed by atoms with van der Waals surface area (Å²) in [6.07, 6.45) is 1.21. The monoisotopic (exact) mass is 437 g/mol. The van der Waals surface area contributed by atoms with Crippen LogP contribution in [0.2, 0.25) is 0 Å². The van der Waals surface area contributed by atoms with E-state index >= 15 is 0 Å². The molecule has 1 N–H and O–H groups in total. The van der Waals surface area contributed by atoms with Gasteiger partial charge in [-0.25, -0.2) is 26.9 Å². The summed E-state index contributed by atoms with van der Waals surface area (Å²) in [5.74, 6) is -2.17. The third kappa shape index (κ3) is 4.33. The van der Waals surface area contributed by atoms with E-state index in [1.165, 1.54) is 41.7 Å². The number of halogens is 2. The molecule has 29 heavy (non-hydrogen) atoms. The summed E-state index contributed by atoms with van der Waals surface area (Å²) < 4.78 is 56.7. The number of imidazole rings is 1. The summed E-state index contributed by atoms with van der Waals surface area (Å²) in [6.45, 7) is 1.88. The molecule has 0 aliphatic carbocycles. The first-order valence-electron chi connectivity index (χ1n) is 8.51. The van der Waals surface area contributed by atoms with Crippen LogP contribution in [-0.4, -0.2) is 29.6 Å². The van der Waals surface area contributed by atoms with Gasteiger partial charge in [0.25, 0.3) is 15.9 Å². The summed E-state index contributed by atoms with van der Waals surface area (Å²) in [4.78, 5) is 16.9. The topological polar surface area (TPSA) is 81.1 Å². The number of carbonyl (C=O) groups excluding carboxylic acids is 1. The van der Waals surface area contributed by atoms with Crippen molar-refractivity contribution in [3.63, 3.8) is 0 Å². The van der Waals surface area contributed by atoms with Crippen LogP contribution in [0.3, 0.4) is 0 Å². The van der Waals surface area contributed by atoms with Crippen LogP contribution in [-0.2, 0) is 17.1 Å². The first-order valence-corrected chi connectivity index (χ1v) is 11.0. The number of benzene rings is 2. The van der Waals surface area contributed by atoms with Crippen molar-refractivity contribution in [2.24, 2.45) is 7.05 Å². The van der Waals surface area contributed by atoms with Crippen LogP contribution < -0.4 is 4.72 Å². The summed E-state index contributed by atoms with van der Waals surface area (Å²) in [5.41, 5.74) is -0.684. The number of thioether (sulfide) groups is 1. The van der Waals surface area contributed by atoms with Gasteiger partial charge in [0.2, 0.25) is 0 Å². The first kappa shape index (κ1) is 21.0. The molecule has 0 atom stereocenters. The van der Waals surface area contributed by atoms with Crippen LogP contribution in [0.5, 0.6) is 0 Å². The van der Waals surface area contributed by atoms with Gasteiger partial charge in [-0.15, -0.1) is 11.8 Å². The number of amides is 1. The minimum atomic E-state index is -4.16. The van der Waals surface area contributed by atoms with Gasteiger partial charge in [-0.1, -0.05) is 25.1 Å². The lowest BCUT2D eigenvalue weighted by Gasteiger charge is -2.09. The normalized spacial score (nSPS) is 11.4. The highest BCUT2D eigenvalue weighted by Crippen LogP contribution is 2.27. The molecule has 6 nitrogen and oxygen atoms in total. The van der Waals surface area contributed by atoms with Crippen LogP contribution in [0.1, 0.15) is 17.4 Å². The van der Waals surface area contributed by atoms with E-state index in [9.17, 15) is 22.0 Å². The van der Waals surface area contributed by atoms with E-state index in [0.29, 0.717) is 10.6 Å². The van der Waals surface area contributed by atoms with Crippen LogP contribution in [0.15, 0.2) is 58.5 Å². The van der Waals surface area contributed by atoms with Gasteiger partial charge in [0.1, 0.15) is 28.0 Å². The van der Waals surface area contributed by atoms with Gasteiger partial charge < -0.3 is 4.57 Å². The predicted molar refractivity (Wildman–Crippen MR) is 106 cm³/mol. The molecule has 0 unspecified atom stereocenters. The van der Waals surface area contributed by atoms with E-state index < -0.39 is 33.1 Å². The standard InChI is InChI=1S/C19H17F2N3O3S2/c1-3-28-15-9-4-5-10-16(15)29(26,27)23-19(25)14-11-24(2)18(22-14)17-12(20)7-6-8-13(17)21/h4-11H,3H2,1-2H3,(H,23,25). The van der Waals surface area contributed by atoms with Crippen molar-refractivity contribution in [3.05, 3.63) is 66.0 Å². The summed E-state index contributed by atoms with van der Waals surface area (Å²) >= 11 is 1.33. The van der Waals surface area contributed by atoms with Crippen molar-refractivity contribution in [3.8, 4) is 11.4 Å². The molecular weight excluding hydrogens is 420 g/mol. The molecule has 0 spiro atoms.